The third kappa shape index (κ3) is 4.01. The van der Waals surface area contributed by atoms with Crippen molar-refractivity contribution >= 4 is 32.6 Å². The summed E-state index contributed by atoms with van der Waals surface area (Å²) in [6.07, 6.45) is 0.498. The van der Waals surface area contributed by atoms with Crippen molar-refractivity contribution < 1.29 is 4.79 Å². The number of thiazole rings is 1. The SMILES string of the molecule is Cc1cc(C)c(CC(=O)N2CCN(c3nc4cc(C)cc(C)c4s3)CC2)c(C)c1. The lowest BCUT2D eigenvalue weighted by molar-refractivity contribution is -0.130. The van der Waals surface area contributed by atoms with Crippen LogP contribution in [0.5, 0.6) is 0 Å². The number of hydrogen-bond acceptors (Lipinski definition) is 4. The summed E-state index contributed by atoms with van der Waals surface area (Å²) in [5.41, 5.74) is 8.51. The normalized spacial score (nSPS) is 14.7. The van der Waals surface area contributed by atoms with Crippen LogP contribution in [0.4, 0.5) is 5.13 Å². The van der Waals surface area contributed by atoms with Gasteiger partial charge in [0.05, 0.1) is 16.6 Å². The predicted molar refractivity (Wildman–Crippen MR) is 122 cm³/mol. The number of anilines is 1. The van der Waals surface area contributed by atoms with Crippen LogP contribution >= 0.6 is 11.3 Å². The van der Waals surface area contributed by atoms with Crippen molar-refractivity contribution in [2.24, 2.45) is 0 Å². The molecule has 2 aromatic carbocycles. The average Bonchev–Trinajstić information content (AvgIpc) is 3.09. The zero-order valence-electron chi connectivity index (χ0n) is 18.0. The van der Waals surface area contributed by atoms with Gasteiger partial charge in [-0.15, -0.1) is 0 Å². The summed E-state index contributed by atoms with van der Waals surface area (Å²) in [4.78, 5) is 22.1. The highest BCUT2D eigenvalue weighted by Gasteiger charge is 2.24. The van der Waals surface area contributed by atoms with Crippen molar-refractivity contribution in [2.75, 3.05) is 31.1 Å². The van der Waals surface area contributed by atoms with Gasteiger partial charge in [-0.3, -0.25) is 4.79 Å². The van der Waals surface area contributed by atoms with Crippen LogP contribution in [0.1, 0.15) is 33.4 Å². The van der Waals surface area contributed by atoms with E-state index in [1.54, 1.807) is 11.3 Å². The molecule has 0 saturated carbocycles. The Balaban J connectivity index is 1.43. The zero-order valence-corrected chi connectivity index (χ0v) is 18.8. The molecule has 5 heteroatoms. The molecule has 152 valence electrons. The average molecular weight is 408 g/mol. The Bertz CT molecular complexity index is 1050. The molecule has 1 aromatic heterocycles. The minimum Gasteiger partial charge on any atom is -0.345 e. The van der Waals surface area contributed by atoms with Crippen LogP contribution in [-0.2, 0) is 11.2 Å². The number of rotatable bonds is 3. The van der Waals surface area contributed by atoms with Crippen LogP contribution in [0.15, 0.2) is 24.3 Å². The number of carbonyl (C=O) groups excluding carboxylic acids is 1. The van der Waals surface area contributed by atoms with Gasteiger partial charge < -0.3 is 9.80 Å². The first-order chi connectivity index (χ1) is 13.8. The van der Waals surface area contributed by atoms with Crippen molar-refractivity contribution in [3.8, 4) is 0 Å². The molecule has 3 aromatic rings. The number of fused-ring (bicyclic) bond motifs is 1. The van der Waals surface area contributed by atoms with E-state index in [0.717, 1.165) is 36.8 Å². The lowest BCUT2D eigenvalue weighted by Crippen LogP contribution is -2.49. The van der Waals surface area contributed by atoms with Gasteiger partial charge in [-0.25, -0.2) is 4.98 Å². The van der Waals surface area contributed by atoms with Gasteiger partial charge in [-0.1, -0.05) is 35.1 Å². The molecule has 0 N–H and O–H groups in total. The number of piperazine rings is 1. The fourth-order valence-electron chi connectivity index (χ4n) is 4.40. The summed E-state index contributed by atoms with van der Waals surface area (Å²) in [5.74, 6) is 0.232. The van der Waals surface area contributed by atoms with E-state index >= 15 is 0 Å². The molecule has 0 unspecified atom stereocenters. The minimum atomic E-state index is 0.232. The van der Waals surface area contributed by atoms with Crippen LogP contribution < -0.4 is 4.90 Å². The third-order valence-corrected chi connectivity index (χ3v) is 7.15. The maximum absolute atomic E-state index is 12.9. The topological polar surface area (TPSA) is 36.4 Å². The second-order valence-corrected chi connectivity index (χ2v) is 9.33. The summed E-state index contributed by atoms with van der Waals surface area (Å²) in [6, 6.07) is 8.72. The summed E-state index contributed by atoms with van der Waals surface area (Å²) in [5, 5.41) is 1.08. The van der Waals surface area contributed by atoms with E-state index in [4.69, 9.17) is 4.98 Å². The smallest absolute Gasteiger partial charge is 0.227 e. The predicted octanol–water partition coefficient (Wildman–Crippen LogP) is 4.73. The summed E-state index contributed by atoms with van der Waals surface area (Å²) < 4.78 is 1.27. The number of nitrogens with zero attached hydrogens (tertiary/aromatic N) is 3. The molecule has 29 heavy (non-hydrogen) atoms. The summed E-state index contributed by atoms with van der Waals surface area (Å²) in [6.45, 7) is 13.8. The quantitative estimate of drug-likeness (QED) is 0.630. The van der Waals surface area contributed by atoms with Gasteiger partial charge in [0.1, 0.15) is 0 Å². The Hall–Kier alpha value is -2.40. The van der Waals surface area contributed by atoms with Crippen LogP contribution in [-0.4, -0.2) is 42.0 Å². The Morgan fingerprint density at radius 1 is 0.897 bits per heavy atom. The molecule has 1 aliphatic heterocycles. The Labute approximate surface area is 177 Å². The van der Waals surface area contributed by atoms with Crippen LogP contribution in [0.2, 0.25) is 0 Å². The van der Waals surface area contributed by atoms with E-state index in [1.807, 2.05) is 4.90 Å². The minimum absolute atomic E-state index is 0.232. The van der Waals surface area contributed by atoms with Crippen molar-refractivity contribution in [3.63, 3.8) is 0 Å². The van der Waals surface area contributed by atoms with E-state index < -0.39 is 0 Å². The molecule has 0 atom stereocenters. The molecule has 4 rings (SSSR count). The van der Waals surface area contributed by atoms with Gasteiger partial charge >= 0.3 is 0 Å². The highest BCUT2D eigenvalue weighted by Crippen LogP contribution is 2.32. The monoisotopic (exact) mass is 407 g/mol. The lowest BCUT2D eigenvalue weighted by atomic mass is 9.97. The summed E-state index contributed by atoms with van der Waals surface area (Å²) >= 11 is 1.77. The van der Waals surface area contributed by atoms with E-state index in [-0.39, 0.29) is 5.91 Å². The molecule has 0 radical (unpaired) electrons. The number of aryl methyl sites for hydroxylation is 5. The van der Waals surface area contributed by atoms with Crippen LogP contribution in [0.3, 0.4) is 0 Å². The van der Waals surface area contributed by atoms with E-state index in [2.05, 4.69) is 63.8 Å². The van der Waals surface area contributed by atoms with Gasteiger partial charge in [0.2, 0.25) is 5.91 Å². The van der Waals surface area contributed by atoms with Gasteiger partial charge in [0.15, 0.2) is 5.13 Å². The van der Waals surface area contributed by atoms with Crippen LogP contribution in [0, 0.1) is 34.6 Å². The highest BCUT2D eigenvalue weighted by molar-refractivity contribution is 7.22. The van der Waals surface area contributed by atoms with Crippen LogP contribution in [0.25, 0.3) is 10.2 Å². The lowest BCUT2D eigenvalue weighted by Gasteiger charge is -2.34. The number of hydrogen-bond donors (Lipinski definition) is 0. The molecule has 1 amide bonds. The first kappa shape index (κ1) is 19.9. The number of carbonyl (C=O) groups is 1. The van der Waals surface area contributed by atoms with Crippen molar-refractivity contribution in [1.29, 1.82) is 0 Å². The third-order valence-electron chi connectivity index (χ3n) is 5.88. The molecule has 1 saturated heterocycles. The first-order valence-electron chi connectivity index (χ1n) is 10.3. The van der Waals surface area contributed by atoms with E-state index in [9.17, 15) is 4.79 Å². The second-order valence-electron chi connectivity index (χ2n) is 8.35. The number of benzene rings is 2. The maximum Gasteiger partial charge on any atom is 0.227 e. The first-order valence-corrected chi connectivity index (χ1v) is 11.1. The zero-order chi connectivity index (χ0) is 20.7. The van der Waals surface area contributed by atoms with E-state index in [1.165, 1.54) is 38.1 Å². The number of amides is 1. The van der Waals surface area contributed by atoms with Crippen molar-refractivity contribution in [2.45, 2.75) is 41.0 Å². The van der Waals surface area contributed by atoms with Gasteiger partial charge in [-0.2, -0.15) is 0 Å². The van der Waals surface area contributed by atoms with Gasteiger partial charge in [-0.05, 0) is 68.5 Å². The molecule has 1 fully saturated rings. The van der Waals surface area contributed by atoms with Crippen molar-refractivity contribution in [1.82, 2.24) is 9.88 Å². The Morgan fingerprint density at radius 2 is 1.48 bits per heavy atom. The van der Waals surface area contributed by atoms with Gasteiger partial charge in [0, 0.05) is 26.2 Å². The molecular formula is C24H29N3OS. The van der Waals surface area contributed by atoms with Gasteiger partial charge in [0.25, 0.3) is 0 Å². The Morgan fingerprint density at radius 3 is 2.14 bits per heavy atom. The largest absolute Gasteiger partial charge is 0.345 e. The van der Waals surface area contributed by atoms with E-state index in [0.29, 0.717) is 6.42 Å². The molecule has 2 heterocycles. The standard InChI is InChI=1S/C24H29N3OS/c1-15-10-17(3)20(18(4)11-15)14-22(28)26-6-8-27(9-7-26)24-25-21-13-16(2)12-19(5)23(21)29-24/h10-13H,6-9,14H2,1-5H3. The molecule has 0 spiro atoms. The second kappa shape index (κ2) is 7.79. The fourth-order valence-corrected chi connectivity index (χ4v) is 5.47. The van der Waals surface area contributed by atoms with Crippen molar-refractivity contribution in [3.05, 3.63) is 57.6 Å². The maximum atomic E-state index is 12.9. The Kier molecular flexibility index (Phi) is 5.34. The fraction of sp³-hybridized carbons (Fsp3) is 0.417. The summed E-state index contributed by atoms with van der Waals surface area (Å²) in [7, 11) is 0. The number of aromatic nitrogens is 1. The molecular weight excluding hydrogens is 378 g/mol. The molecule has 0 bridgehead atoms. The molecule has 1 aliphatic rings. The molecule has 0 aliphatic carbocycles. The molecule has 4 nitrogen and oxygen atoms in total. The highest BCUT2D eigenvalue weighted by atomic mass is 32.1.